The highest BCUT2D eigenvalue weighted by molar-refractivity contribution is 7.12. The van der Waals surface area contributed by atoms with Gasteiger partial charge in [0.25, 0.3) is 5.91 Å². The third-order valence-corrected chi connectivity index (χ3v) is 5.04. The van der Waals surface area contributed by atoms with Crippen molar-refractivity contribution in [2.75, 3.05) is 13.1 Å². The van der Waals surface area contributed by atoms with E-state index in [0.717, 1.165) is 0 Å². The maximum absolute atomic E-state index is 12.7. The fraction of sp³-hybridized carbons (Fsp3) is 0.562. The lowest BCUT2D eigenvalue weighted by Crippen LogP contribution is -2.53. The average Bonchev–Trinajstić information content (AvgIpc) is 3.06. The number of piperidine rings is 1. The quantitative estimate of drug-likeness (QED) is 0.846. The molecule has 1 aliphatic rings. The molecule has 0 spiro atoms. The van der Waals surface area contributed by atoms with Gasteiger partial charge in [-0.25, -0.2) is 0 Å². The molecule has 1 saturated heterocycles. The Hall–Kier alpha value is -1.89. The Morgan fingerprint density at radius 2 is 1.96 bits per heavy atom. The van der Waals surface area contributed by atoms with Gasteiger partial charge in [0.05, 0.1) is 4.88 Å². The molecule has 7 heteroatoms. The number of carbonyl (C=O) groups excluding carboxylic acids is 3. The normalized spacial score (nSPS) is 17.1. The second kappa shape index (κ2) is 7.59. The molecule has 3 amide bonds. The lowest BCUT2D eigenvalue weighted by molar-refractivity contribution is -0.137. The van der Waals surface area contributed by atoms with E-state index in [1.807, 2.05) is 19.2 Å². The molecule has 1 atom stereocenters. The molecule has 1 aromatic heterocycles. The van der Waals surface area contributed by atoms with E-state index >= 15 is 0 Å². The molecule has 6 nitrogen and oxygen atoms in total. The van der Waals surface area contributed by atoms with Crippen LogP contribution in [0.25, 0.3) is 0 Å². The van der Waals surface area contributed by atoms with Crippen LogP contribution in [0, 0.1) is 11.8 Å². The first-order chi connectivity index (χ1) is 10.9. The lowest BCUT2D eigenvalue weighted by Gasteiger charge is -2.34. The zero-order valence-electron chi connectivity index (χ0n) is 13.5. The van der Waals surface area contributed by atoms with Crippen LogP contribution in [0.15, 0.2) is 17.5 Å². The third-order valence-electron chi connectivity index (χ3n) is 4.17. The Balaban J connectivity index is 1.99. The summed E-state index contributed by atoms with van der Waals surface area (Å²) in [7, 11) is 0. The van der Waals surface area contributed by atoms with Crippen LogP contribution >= 0.6 is 11.3 Å². The van der Waals surface area contributed by atoms with Crippen LogP contribution in [0.2, 0.25) is 0 Å². The number of nitrogens with one attached hydrogen (secondary N) is 1. The molecule has 23 heavy (non-hydrogen) atoms. The molecule has 0 bridgehead atoms. The summed E-state index contributed by atoms with van der Waals surface area (Å²) in [6.07, 6.45) is 1.18. The van der Waals surface area contributed by atoms with Crippen molar-refractivity contribution in [1.82, 2.24) is 10.2 Å². The van der Waals surface area contributed by atoms with Crippen molar-refractivity contribution in [2.45, 2.75) is 32.7 Å². The van der Waals surface area contributed by atoms with E-state index in [-0.39, 0.29) is 29.6 Å². The second-order valence-electron chi connectivity index (χ2n) is 6.17. The standard InChI is InChI=1S/C16H23N3O3S/c1-10(2)13(18-15(21)12-4-3-9-23-12)16(22)19-7-5-11(6-8-19)14(17)20/h3-4,9-11,13H,5-8H2,1-2H3,(H2,17,20)(H,18,21)/t13-/m1/s1. The van der Waals surface area contributed by atoms with Gasteiger partial charge in [0, 0.05) is 19.0 Å². The number of nitrogens with two attached hydrogens (primary N) is 1. The van der Waals surface area contributed by atoms with Crippen molar-refractivity contribution in [1.29, 1.82) is 0 Å². The van der Waals surface area contributed by atoms with Crippen molar-refractivity contribution < 1.29 is 14.4 Å². The number of nitrogens with zero attached hydrogens (tertiary/aromatic N) is 1. The van der Waals surface area contributed by atoms with Gasteiger partial charge in [-0.15, -0.1) is 11.3 Å². The van der Waals surface area contributed by atoms with E-state index in [9.17, 15) is 14.4 Å². The van der Waals surface area contributed by atoms with E-state index in [1.54, 1.807) is 17.0 Å². The third kappa shape index (κ3) is 4.31. The summed E-state index contributed by atoms with van der Waals surface area (Å²) in [5.74, 6) is -0.784. The molecule has 1 aliphatic heterocycles. The SMILES string of the molecule is CC(C)[C@@H](NC(=O)c1cccs1)C(=O)N1CCC(C(N)=O)CC1. The summed E-state index contributed by atoms with van der Waals surface area (Å²) in [5.41, 5.74) is 5.32. The Labute approximate surface area is 140 Å². The van der Waals surface area contributed by atoms with Crippen LogP contribution in [-0.2, 0) is 9.59 Å². The van der Waals surface area contributed by atoms with E-state index in [4.69, 9.17) is 5.73 Å². The highest BCUT2D eigenvalue weighted by atomic mass is 32.1. The smallest absolute Gasteiger partial charge is 0.262 e. The predicted octanol–water partition coefficient (Wildman–Crippen LogP) is 1.23. The first-order valence-electron chi connectivity index (χ1n) is 7.82. The minimum Gasteiger partial charge on any atom is -0.369 e. The van der Waals surface area contributed by atoms with Crippen LogP contribution < -0.4 is 11.1 Å². The Kier molecular flexibility index (Phi) is 5.76. The number of hydrogen-bond acceptors (Lipinski definition) is 4. The van der Waals surface area contributed by atoms with Gasteiger partial charge < -0.3 is 16.0 Å². The molecule has 3 N–H and O–H groups in total. The van der Waals surface area contributed by atoms with Gasteiger partial charge in [-0.2, -0.15) is 0 Å². The zero-order valence-corrected chi connectivity index (χ0v) is 14.3. The van der Waals surface area contributed by atoms with Crippen molar-refractivity contribution in [3.05, 3.63) is 22.4 Å². The lowest BCUT2D eigenvalue weighted by atomic mass is 9.94. The van der Waals surface area contributed by atoms with Gasteiger partial charge >= 0.3 is 0 Å². The largest absolute Gasteiger partial charge is 0.369 e. The number of amides is 3. The molecule has 0 unspecified atom stereocenters. The fourth-order valence-electron chi connectivity index (χ4n) is 2.71. The van der Waals surface area contributed by atoms with E-state index < -0.39 is 6.04 Å². The van der Waals surface area contributed by atoms with Gasteiger partial charge in [-0.05, 0) is 30.2 Å². The number of likely N-dealkylation sites (tertiary alicyclic amines) is 1. The van der Waals surface area contributed by atoms with E-state index in [0.29, 0.717) is 30.8 Å². The summed E-state index contributed by atoms with van der Waals surface area (Å²) in [6.45, 7) is 4.83. The average molecular weight is 337 g/mol. The molecule has 126 valence electrons. The highest BCUT2D eigenvalue weighted by Gasteiger charge is 2.32. The summed E-state index contributed by atoms with van der Waals surface area (Å²) < 4.78 is 0. The second-order valence-corrected chi connectivity index (χ2v) is 7.12. The van der Waals surface area contributed by atoms with Gasteiger partial charge in [-0.1, -0.05) is 19.9 Å². The van der Waals surface area contributed by atoms with Crippen molar-refractivity contribution in [3.63, 3.8) is 0 Å². The van der Waals surface area contributed by atoms with Crippen LogP contribution in [0.4, 0.5) is 0 Å². The highest BCUT2D eigenvalue weighted by Crippen LogP contribution is 2.19. The zero-order chi connectivity index (χ0) is 17.0. The molecule has 1 aromatic rings. The van der Waals surface area contributed by atoms with Crippen LogP contribution in [0.1, 0.15) is 36.4 Å². The van der Waals surface area contributed by atoms with Crippen molar-refractivity contribution >= 4 is 29.1 Å². The van der Waals surface area contributed by atoms with E-state index in [2.05, 4.69) is 5.32 Å². The number of carbonyl (C=O) groups is 3. The van der Waals surface area contributed by atoms with Gasteiger partial charge in [0.2, 0.25) is 11.8 Å². The fourth-order valence-corrected chi connectivity index (χ4v) is 3.34. The van der Waals surface area contributed by atoms with Gasteiger partial charge in [-0.3, -0.25) is 14.4 Å². The molecule has 2 heterocycles. The molecular weight excluding hydrogens is 314 g/mol. The summed E-state index contributed by atoms with van der Waals surface area (Å²) in [6, 6.07) is 2.98. The Morgan fingerprint density at radius 1 is 1.30 bits per heavy atom. The molecule has 0 aromatic carbocycles. The van der Waals surface area contributed by atoms with E-state index in [1.165, 1.54) is 11.3 Å². The maximum atomic E-state index is 12.7. The molecular formula is C16H23N3O3S. The Bertz CT molecular complexity index is 563. The summed E-state index contributed by atoms with van der Waals surface area (Å²) in [5, 5.41) is 4.67. The first-order valence-corrected chi connectivity index (χ1v) is 8.70. The van der Waals surface area contributed by atoms with Gasteiger partial charge in [0.1, 0.15) is 6.04 Å². The molecule has 2 rings (SSSR count). The summed E-state index contributed by atoms with van der Waals surface area (Å²) in [4.78, 5) is 38.5. The molecule has 0 aliphatic carbocycles. The first kappa shape index (κ1) is 17.5. The van der Waals surface area contributed by atoms with Crippen molar-refractivity contribution in [2.24, 2.45) is 17.6 Å². The van der Waals surface area contributed by atoms with Crippen LogP contribution in [0.5, 0.6) is 0 Å². The minimum absolute atomic E-state index is 0.0136. The maximum Gasteiger partial charge on any atom is 0.262 e. The number of primary amides is 1. The minimum atomic E-state index is -0.560. The number of rotatable bonds is 5. The van der Waals surface area contributed by atoms with Crippen LogP contribution in [-0.4, -0.2) is 41.8 Å². The van der Waals surface area contributed by atoms with Gasteiger partial charge in [0.15, 0.2) is 0 Å². The summed E-state index contributed by atoms with van der Waals surface area (Å²) >= 11 is 1.35. The Morgan fingerprint density at radius 3 is 2.43 bits per heavy atom. The monoisotopic (exact) mass is 337 g/mol. The predicted molar refractivity (Wildman–Crippen MR) is 88.9 cm³/mol. The van der Waals surface area contributed by atoms with Crippen LogP contribution in [0.3, 0.4) is 0 Å². The molecule has 0 radical (unpaired) electrons. The molecule has 1 fully saturated rings. The molecule has 0 saturated carbocycles. The van der Waals surface area contributed by atoms with Crippen molar-refractivity contribution in [3.8, 4) is 0 Å². The number of thiophene rings is 1. The topological polar surface area (TPSA) is 92.5 Å². The number of hydrogen-bond donors (Lipinski definition) is 2.